The summed E-state index contributed by atoms with van der Waals surface area (Å²) in [5.74, 6) is 0.0854. The highest BCUT2D eigenvalue weighted by Crippen LogP contribution is 2.08. The maximum absolute atomic E-state index is 11.9. The molecule has 1 aromatic heterocycles. The Morgan fingerprint density at radius 1 is 1.69 bits per heavy atom. The maximum atomic E-state index is 11.9. The second-order valence-corrected chi connectivity index (χ2v) is 3.58. The molecule has 1 heterocycles. The number of amides is 1. The fraction of sp³-hybridized carbons (Fsp3) is 0.364. The summed E-state index contributed by atoms with van der Waals surface area (Å²) in [6, 6.07) is 6.79. The maximum Gasteiger partial charge on any atom is 0.272 e. The molecule has 2 N–H and O–H groups in total. The van der Waals surface area contributed by atoms with E-state index in [1.807, 2.05) is 13.0 Å². The molecule has 0 aliphatic carbocycles. The Morgan fingerprint density at radius 3 is 2.94 bits per heavy atom. The highest BCUT2D eigenvalue weighted by atomic mass is 16.2. The summed E-state index contributed by atoms with van der Waals surface area (Å²) in [6.45, 7) is 1.81. The van der Waals surface area contributed by atoms with Gasteiger partial charge in [-0.05, 0) is 19.1 Å². The molecule has 0 radical (unpaired) electrons. The number of nitrogens with zero attached hydrogens (tertiary/aromatic N) is 3. The van der Waals surface area contributed by atoms with Crippen LogP contribution in [0.15, 0.2) is 18.2 Å². The molecule has 0 aliphatic heterocycles. The summed E-state index contributed by atoms with van der Waals surface area (Å²) in [7, 11) is 1.65. The fourth-order valence-electron chi connectivity index (χ4n) is 1.22. The van der Waals surface area contributed by atoms with Crippen molar-refractivity contribution in [2.75, 3.05) is 12.8 Å². The molecule has 0 saturated heterocycles. The van der Waals surface area contributed by atoms with Gasteiger partial charge in [-0.1, -0.05) is 6.07 Å². The van der Waals surface area contributed by atoms with E-state index < -0.39 is 0 Å². The molecule has 0 bridgehead atoms. The zero-order valence-corrected chi connectivity index (χ0v) is 9.34. The molecule has 0 aliphatic rings. The van der Waals surface area contributed by atoms with Crippen LogP contribution in [0.2, 0.25) is 0 Å². The first-order chi connectivity index (χ1) is 7.56. The Hall–Kier alpha value is -2.09. The lowest BCUT2D eigenvalue weighted by Gasteiger charge is -2.22. The molecule has 0 aromatic carbocycles. The summed E-state index contributed by atoms with van der Waals surface area (Å²) in [4.78, 5) is 17.3. The van der Waals surface area contributed by atoms with Crippen molar-refractivity contribution < 1.29 is 4.79 Å². The highest BCUT2D eigenvalue weighted by Gasteiger charge is 2.18. The number of hydrogen-bond donors (Lipinski definition) is 1. The zero-order valence-electron chi connectivity index (χ0n) is 9.34. The minimum Gasteiger partial charge on any atom is -0.384 e. The van der Waals surface area contributed by atoms with Crippen molar-refractivity contribution >= 4 is 11.7 Å². The third kappa shape index (κ3) is 2.70. The van der Waals surface area contributed by atoms with Gasteiger partial charge in [-0.3, -0.25) is 4.79 Å². The normalized spacial score (nSPS) is 11.6. The lowest BCUT2D eigenvalue weighted by atomic mass is 10.2. The van der Waals surface area contributed by atoms with E-state index in [-0.39, 0.29) is 11.9 Å². The first-order valence-electron chi connectivity index (χ1n) is 4.93. The van der Waals surface area contributed by atoms with Crippen LogP contribution in [0, 0.1) is 11.3 Å². The molecule has 0 spiro atoms. The summed E-state index contributed by atoms with van der Waals surface area (Å²) in [6.07, 6.45) is 0.296. The molecule has 1 aromatic rings. The van der Waals surface area contributed by atoms with E-state index in [0.717, 1.165) is 0 Å². The molecule has 5 nitrogen and oxygen atoms in total. The molecule has 84 valence electrons. The molecule has 1 amide bonds. The summed E-state index contributed by atoms with van der Waals surface area (Å²) in [5.41, 5.74) is 5.80. The number of rotatable bonds is 3. The molecule has 1 rings (SSSR count). The number of carbonyl (C=O) groups is 1. The average Bonchev–Trinajstić information content (AvgIpc) is 2.27. The number of hydrogen-bond acceptors (Lipinski definition) is 4. The second kappa shape index (κ2) is 5.12. The molecule has 0 saturated carbocycles. The van der Waals surface area contributed by atoms with Gasteiger partial charge in [0.15, 0.2) is 0 Å². The number of nitrogen functional groups attached to an aromatic ring is 1. The summed E-state index contributed by atoms with van der Waals surface area (Å²) in [5, 5.41) is 8.56. The molecular weight excluding hydrogens is 204 g/mol. The lowest BCUT2D eigenvalue weighted by molar-refractivity contribution is 0.0740. The van der Waals surface area contributed by atoms with Crippen LogP contribution < -0.4 is 5.73 Å². The van der Waals surface area contributed by atoms with Crippen LogP contribution in [0.5, 0.6) is 0 Å². The quantitative estimate of drug-likeness (QED) is 0.821. The third-order valence-corrected chi connectivity index (χ3v) is 2.36. The van der Waals surface area contributed by atoms with Crippen molar-refractivity contribution in [3.63, 3.8) is 0 Å². The SMILES string of the molecule is CC(CC#N)N(C)C(=O)c1cccc(N)n1. The number of aromatic nitrogens is 1. The number of anilines is 1. The standard InChI is InChI=1S/C11H14N4O/c1-8(6-7-12)15(2)11(16)9-4-3-5-10(13)14-9/h3-5,8H,6H2,1-2H3,(H2,13,14). The molecule has 16 heavy (non-hydrogen) atoms. The first kappa shape index (κ1) is 12.0. The van der Waals surface area contributed by atoms with Crippen LogP contribution in [0.25, 0.3) is 0 Å². The van der Waals surface area contributed by atoms with Crippen LogP contribution in [0.4, 0.5) is 5.82 Å². The lowest BCUT2D eigenvalue weighted by Crippen LogP contribution is -2.35. The second-order valence-electron chi connectivity index (χ2n) is 3.58. The predicted octanol–water partition coefficient (Wildman–Crippen LogP) is 1.04. The van der Waals surface area contributed by atoms with Crippen molar-refractivity contribution in [3.05, 3.63) is 23.9 Å². The Balaban J connectivity index is 2.82. The van der Waals surface area contributed by atoms with Gasteiger partial charge >= 0.3 is 0 Å². The van der Waals surface area contributed by atoms with E-state index in [4.69, 9.17) is 11.0 Å². The van der Waals surface area contributed by atoms with E-state index in [2.05, 4.69) is 4.98 Å². The van der Waals surface area contributed by atoms with E-state index in [1.165, 1.54) is 4.90 Å². The Kier molecular flexibility index (Phi) is 3.84. The molecule has 5 heteroatoms. The predicted molar refractivity (Wildman–Crippen MR) is 60.4 cm³/mol. The number of pyridine rings is 1. The van der Waals surface area contributed by atoms with Gasteiger partial charge in [0.1, 0.15) is 11.5 Å². The highest BCUT2D eigenvalue weighted by molar-refractivity contribution is 5.92. The van der Waals surface area contributed by atoms with Crippen molar-refractivity contribution in [1.29, 1.82) is 5.26 Å². The molecule has 0 fully saturated rings. The van der Waals surface area contributed by atoms with Crippen LogP contribution >= 0.6 is 0 Å². The van der Waals surface area contributed by atoms with Crippen molar-refractivity contribution in [2.45, 2.75) is 19.4 Å². The van der Waals surface area contributed by atoms with Gasteiger partial charge in [0.05, 0.1) is 12.5 Å². The van der Waals surface area contributed by atoms with Crippen LogP contribution in [0.1, 0.15) is 23.8 Å². The number of carbonyl (C=O) groups excluding carboxylic acids is 1. The van der Waals surface area contributed by atoms with Crippen LogP contribution in [-0.2, 0) is 0 Å². The van der Waals surface area contributed by atoms with E-state index >= 15 is 0 Å². The van der Waals surface area contributed by atoms with Gasteiger partial charge in [-0.15, -0.1) is 0 Å². The van der Waals surface area contributed by atoms with E-state index in [9.17, 15) is 4.79 Å². The average molecular weight is 218 g/mol. The summed E-state index contributed by atoms with van der Waals surface area (Å²) < 4.78 is 0. The van der Waals surface area contributed by atoms with Gasteiger partial charge < -0.3 is 10.6 Å². The minimum absolute atomic E-state index is 0.138. The van der Waals surface area contributed by atoms with E-state index in [0.29, 0.717) is 17.9 Å². The Morgan fingerprint density at radius 2 is 2.38 bits per heavy atom. The summed E-state index contributed by atoms with van der Waals surface area (Å²) >= 11 is 0. The first-order valence-corrected chi connectivity index (χ1v) is 4.93. The minimum atomic E-state index is -0.227. The van der Waals surface area contributed by atoms with E-state index in [1.54, 1.807) is 25.2 Å². The van der Waals surface area contributed by atoms with Crippen LogP contribution in [0.3, 0.4) is 0 Å². The zero-order chi connectivity index (χ0) is 12.1. The van der Waals surface area contributed by atoms with Crippen molar-refractivity contribution in [1.82, 2.24) is 9.88 Å². The monoisotopic (exact) mass is 218 g/mol. The van der Waals surface area contributed by atoms with Crippen molar-refractivity contribution in [3.8, 4) is 6.07 Å². The van der Waals surface area contributed by atoms with Crippen molar-refractivity contribution in [2.24, 2.45) is 0 Å². The molecular formula is C11H14N4O. The number of nitrogens with two attached hydrogens (primary N) is 1. The Bertz CT molecular complexity index is 424. The van der Waals surface area contributed by atoms with Gasteiger partial charge in [-0.2, -0.15) is 5.26 Å². The topological polar surface area (TPSA) is 83.0 Å². The fourth-order valence-corrected chi connectivity index (χ4v) is 1.22. The van der Waals surface area contributed by atoms with Gasteiger partial charge in [0.25, 0.3) is 5.91 Å². The molecule has 1 atom stereocenters. The molecule has 1 unspecified atom stereocenters. The largest absolute Gasteiger partial charge is 0.384 e. The number of nitriles is 1. The van der Waals surface area contributed by atoms with Gasteiger partial charge in [0, 0.05) is 13.1 Å². The van der Waals surface area contributed by atoms with Gasteiger partial charge in [0.2, 0.25) is 0 Å². The third-order valence-electron chi connectivity index (χ3n) is 2.36. The van der Waals surface area contributed by atoms with Gasteiger partial charge in [-0.25, -0.2) is 4.98 Å². The Labute approximate surface area is 94.5 Å². The smallest absolute Gasteiger partial charge is 0.272 e. The van der Waals surface area contributed by atoms with Crippen LogP contribution in [-0.4, -0.2) is 28.9 Å².